The maximum atomic E-state index is 11.7. The predicted molar refractivity (Wildman–Crippen MR) is 78.7 cm³/mol. The molecule has 0 aromatic rings. The molecule has 0 bridgehead atoms. The first-order valence-corrected chi connectivity index (χ1v) is 8.04. The molecule has 3 nitrogen and oxygen atoms in total. The van der Waals surface area contributed by atoms with Gasteiger partial charge in [0.05, 0.1) is 5.92 Å². The van der Waals surface area contributed by atoms with Gasteiger partial charge in [0.1, 0.15) is 6.10 Å². The minimum Gasteiger partial charge on any atom is -0.462 e. The Hall–Kier alpha value is -0.570. The second-order valence-corrected chi connectivity index (χ2v) is 5.69. The molecular formula is C16H31NO2. The Labute approximate surface area is 118 Å². The van der Waals surface area contributed by atoms with Crippen molar-refractivity contribution in [3.05, 3.63) is 0 Å². The average molecular weight is 269 g/mol. The molecule has 1 saturated heterocycles. The predicted octanol–water partition coefficient (Wildman–Crippen LogP) is 3.37. The van der Waals surface area contributed by atoms with Crippen LogP contribution in [0.1, 0.15) is 59.3 Å². The van der Waals surface area contributed by atoms with Gasteiger partial charge < -0.3 is 10.5 Å². The van der Waals surface area contributed by atoms with Crippen molar-refractivity contribution in [2.75, 3.05) is 7.05 Å². The molecule has 19 heavy (non-hydrogen) atoms. The van der Waals surface area contributed by atoms with E-state index in [4.69, 9.17) is 4.74 Å². The highest BCUT2D eigenvalue weighted by atomic mass is 16.6. The third kappa shape index (κ3) is 3.50. The Morgan fingerprint density at radius 3 is 2.16 bits per heavy atom. The second kappa shape index (κ2) is 7.88. The SMILES string of the molecule is CC.CC1OC(=O)C2CC3CCCCC3CC12.CN. The van der Waals surface area contributed by atoms with E-state index in [1.54, 1.807) is 0 Å². The lowest BCUT2D eigenvalue weighted by Gasteiger charge is -2.40. The lowest BCUT2D eigenvalue weighted by atomic mass is 9.63. The van der Waals surface area contributed by atoms with Crippen LogP contribution in [0.4, 0.5) is 0 Å². The Kier molecular flexibility index (Phi) is 6.84. The molecule has 1 heterocycles. The van der Waals surface area contributed by atoms with Crippen LogP contribution in [0.5, 0.6) is 0 Å². The molecule has 112 valence electrons. The number of cyclic esters (lactones) is 1. The number of nitrogens with two attached hydrogens (primary N) is 1. The van der Waals surface area contributed by atoms with Crippen molar-refractivity contribution in [2.24, 2.45) is 29.4 Å². The van der Waals surface area contributed by atoms with Crippen molar-refractivity contribution in [1.82, 2.24) is 0 Å². The summed E-state index contributed by atoms with van der Waals surface area (Å²) in [5, 5.41) is 0. The van der Waals surface area contributed by atoms with Crippen molar-refractivity contribution >= 4 is 5.97 Å². The van der Waals surface area contributed by atoms with Crippen LogP contribution in [-0.2, 0) is 9.53 Å². The van der Waals surface area contributed by atoms with Gasteiger partial charge in [0.2, 0.25) is 0 Å². The van der Waals surface area contributed by atoms with Crippen molar-refractivity contribution in [3.63, 3.8) is 0 Å². The molecule has 0 aromatic carbocycles. The zero-order valence-corrected chi connectivity index (χ0v) is 13.0. The highest BCUT2D eigenvalue weighted by Gasteiger charge is 2.48. The number of carbonyl (C=O) groups excluding carboxylic acids is 1. The third-order valence-corrected chi connectivity index (χ3v) is 4.92. The average Bonchev–Trinajstić information content (AvgIpc) is 2.76. The molecule has 2 saturated carbocycles. The maximum absolute atomic E-state index is 11.7. The Morgan fingerprint density at radius 2 is 1.58 bits per heavy atom. The van der Waals surface area contributed by atoms with Crippen LogP contribution in [0.25, 0.3) is 0 Å². The lowest BCUT2D eigenvalue weighted by Crippen LogP contribution is -2.35. The van der Waals surface area contributed by atoms with E-state index in [2.05, 4.69) is 12.7 Å². The largest absolute Gasteiger partial charge is 0.462 e. The number of hydrogen-bond acceptors (Lipinski definition) is 3. The Bertz CT molecular complexity index is 280. The van der Waals surface area contributed by atoms with E-state index in [9.17, 15) is 4.79 Å². The molecule has 0 amide bonds. The van der Waals surface area contributed by atoms with Crippen LogP contribution in [0.2, 0.25) is 0 Å². The molecule has 5 atom stereocenters. The Balaban J connectivity index is 0.000000415. The summed E-state index contributed by atoms with van der Waals surface area (Å²) < 4.78 is 5.38. The van der Waals surface area contributed by atoms with Gasteiger partial charge in [-0.05, 0) is 38.6 Å². The maximum Gasteiger partial charge on any atom is 0.309 e. The molecule has 2 N–H and O–H groups in total. The minimum absolute atomic E-state index is 0.0940. The van der Waals surface area contributed by atoms with Crippen molar-refractivity contribution < 1.29 is 9.53 Å². The number of esters is 1. The van der Waals surface area contributed by atoms with Gasteiger partial charge in [-0.25, -0.2) is 0 Å². The highest BCUT2D eigenvalue weighted by molar-refractivity contribution is 5.75. The topological polar surface area (TPSA) is 52.3 Å². The van der Waals surface area contributed by atoms with Crippen LogP contribution in [0.15, 0.2) is 0 Å². The number of rotatable bonds is 0. The molecule has 3 aliphatic rings. The minimum atomic E-state index is 0.0940. The van der Waals surface area contributed by atoms with Crippen molar-refractivity contribution in [3.8, 4) is 0 Å². The standard InChI is InChI=1S/C13H20O2.C2H6.CH5N/c1-8-11-6-9-4-2-3-5-10(9)7-12(11)13(14)15-8;2*1-2/h8-12H,2-7H2,1H3;1-2H3;2H2,1H3. The van der Waals surface area contributed by atoms with Crippen LogP contribution in [-0.4, -0.2) is 19.1 Å². The molecule has 5 unspecified atom stereocenters. The van der Waals surface area contributed by atoms with Gasteiger partial charge in [0.15, 0.2) is 0 Å². The summed E-state index contributed by atoms with van der Waals surface area (Å²) in [4.78, 5) is 11.7. The van der Waals surface area contributed by atoms with E-state index in [-0.39, 0.29) is 18.0 Å². The first kappa shape index (κ1) is 16.5. The zero-order valence-electron chi connectivity index (χ0n) is 13.0. The van der Waals surface area contributed by atoms with Gasteiger partial charge in [-0.1, -0.05) is 39.5 Å². The van der Waals surface area contributed by atoms with Crippen molar-refractivity contribution in [2.45, 2.75) is 65.4 Å². The number of ether oxygens (including phenoxy) is 1. The summed E-state index contributed by atoms with van der Waals surface area (Å²) in [6, 6.07) is 0. The quantitative estimate of drug-likeness (QED) is 0.686. The van der Waals surface area contributed by atoms with Gasteiger partial charge in [-0.2, -0.15) is 0 Å². The second-order valence-electron chi connectivity index (χ2n) is 5.69. The van der Waals surface area contributed by atoms with E-state index >= 15 is 0 Å². The van der Waals surface area contributed by atoms with E-state index in [0.29, 0.717) is 5.92 Å². The Morgan fingerprint density at radius 1 is 1.05 bits per heavy atom. The molecule has 0 radical (unpaired) electrons. The number of fused-ring (bicyclic) bond motifs is 2. The summed E-state index contributed by atoms with van der Waals surface area (Å²) in [6.07, 6.45) is 8.10. The first-order valence-electron chi connectivity index (χ1n) is 8.04. The summed E-state index contributed by atoms with van der Waals surface area (Å²) in [5.74, 6) is 2.61. The van der Waals surface area contributed by atoms with Gasteiger partial charge in [-0.15, -0.1) is 0 Å². The zero-order chi connectivity index (χ0) is 14.4. The molecule has 2 aliphatic carbocycles. The van der Waals surface area contributed by atoms with Crippen LogP contribution >= 0.6 is 0 Å². The van der Waals surface area contributed by atoms with Gasteiger partial charge in [0.25, 0.3) is 0 Å². The molecule has 1 aliphatic heterocycles. The highest BCUT2D eigenvalue weighted by Crippen LogP contribution is 2.49. The van der Waals surface area contributed by atoms with Gasteiger partial charge >= 0.3 is 5.97 Å². The summed E-state index contributed by atoms with van der Waals surface area (Å²) in [6.45, 7) is 6.08. The van der Waals surface area contributed by atoms with E-state index in [1.807, 2.05) is 13.8 Å². The molecule has 3 heteroatoms. The first-order chi connectivity index (χ1) is 9.25. The van der Waals surface area contributed by atoms with Crippen molar-refractivity contribution in [1.29, 1.82) is 0 Å². The fraction of sp³-hybridized carbons (Fsp3) is 0.938. The number of hydrogen-bond donors (Lipinski definition) is 1. The van der Waals surface area contributed by atoms with Gasteiger partial charge in [0, 0.05) is 5.92 Å². The third-order valence-electron chi connectivity index (χ3n) is 4.92. The fourth-order valence-corrected chi connectivity index (χ4v) is 4.07. The van der Waals surface area contributed by atoms with Crippen LogP contribution in [0.3, 0.4) is 0 Å². The number of carbonyl (C=O) groups is 1. The van der Waals surface area contributed by atoms with Gasteiger partial charge in [-0.3, -0.25) is 4.79 Å². The molecule has 3 fully saturated rings. The summed E-state index contributed by atoms with van der Waals surface area (Å²) in [7, 11) is 1.50. The fourth-order valence-electron chi connectivity index (χ4n) is 4.07. The van der Waals surface area contributed by atoms with E-state index < -0.39 is 0 Å². The molecule has 0 aromatic heterocycles. The van der Waals surface area contributed by atoms with Crippen LogP contribution in [0, 0.1) is 23.7 Å². The smallest absolute Gasteiger partial charge is 0.309 e. The monoisotopic (exact) mass is 269 g/mol. The summed E-state index contributed by atoms with van der Waals surface area (Å²) >= 11 is 0. The van der Waals surface area contributed by atoms with Crippen LogP contribution < -0.4 is 5.73 Å². The molecular weight excluding hydrogens is 238 g/mol. The van der Waals surface area contributed by atoms with E-state index in [0.717, 1.165) is 18.3 Å². The van der Waals surface area contributed by atoms with E-state index in [1.165, 1.54) is 39.2 Å². The summed E-state index contributed by atoms with van der Waals surface area (Å²) in [5.41, 5.74) is 4.50. The molecule has 3 rings (SSSR count). The normalized spacial score (nSPS) is 39.6. The molecule has 0 spiro atoms. The lowest BCUT2D eigenvalue weighted by molar-refractivity contribution is -0.144.